The minimum Gasteiger partial charge on any atom is -0.357 e. The summed E-state index contributed by atoms with van der Waals surface area (Å²) in [6.45, 7) is 9.28. The second-order valence-electron chi connectivity index (χ2n) is 7.88. The highest BCUT2D eigenvalue weighted by molar-refractivity contribution is 5.81. The van der Waals surface area contributed by atoms with Gasteiger partial charge >= 0.3 is 0 Å². The van der Waals surface area contributed by atoms with E-state index in [-0.39, 0.29) is 5.91 Å². The number of amides is 1. The number of carbonyl (C=O) groups excluding carboxylic acids is 1. The predicted molar refractivity (Wildman–Crippen MR) is 126 cm³/mol. The molecule has 0 aliphatic carbocycles. The van der Waals surface area contributed by atoms with Crippen LogP contribution < -0.4 is 10.2 Å². The molecule has 31 heavy (non-hydrogen) atoms. The SMILES string of the molecule is CCNC(=NCCC(=O)N1CCN(c2ccccn2)CC1)N(C)Cc1ccc(C)cc1. The van der Waals surface area contributed by atoms with E-state index in [1.54, 1.807) is 0 Å². The lowest BCUT2D eigenvalue weighted by atomic mass is 10.1. The fourth-order valence-corrected chi connectivity index (χ4v) is 3.65. The van der Waals surface area contributed by atoms with Crippen LogP contribution in [0.4, 0.5) is 5.82 Å². The molecule has 1 aromatic heterocycles. The van der Waals surface area contributed by atoms with Crippen LogP contribution in [0.3, 0.4) is 0 Å². The molecule has 0 spiro atoms. The molecule has 0 bridgehead atoms. The molecule has 0 unspecified atom stereocenters. The third-order valence-electron chi connectivity index (χ3n) is 5.43. The normalized spacial score (nSPS) is 14.5. The fourth-order valence-electron chi connectivity index (χ4n) is 3.65. The molecule has 1 aromatic carbocycles. The Morgan fingerprint density at radius 2 is 1.87 bits per heavy atom. The standard InChI is InChI=1S/C24H34N6O/c1-4-25-24(28(3)19-21-10-8-20(2)9-11-21)27-14-12-23(31)30-17-15-29(16-18-30)22-7-5-6-13-26-22/h5-11,13H,4,12,14-19H2,1-3H3,(H,25,27). The Bertz CT molecular complexity index is 844. The van der Waals surface area contributed by atoms with Gasteiger partial charge in [0.25, 0.3) is 0 Å². The summed E-state index contributed by atoms with van der Waals surface area (Å²) >= 11 is 0. The second-order valence-corrected chi connectivity index (χ2v) is 7.88. The number of aryl methyl sites for hydroxylation is 1. The Labute approximate surface area is 185 Å². The molecule has 0 atom stereocenters. The fraction of sp³-hybridized carbons (Fsp3) is 0.458. The molecule has 3 rings (SSSR count). The van der Waals surface area contributed by atoms with E-state index in [1.165, 1.54) is 11.1 Å². The number of aromatic nitrogens is 1. The number of hydrogen-bond donors (Lipinski definition) is 1. The number of piperazine rings is 1. The molecule has 7 nitrogen and oxygen atoms in total. The van der Waals surface area contributed by atoms with E-state index in [0.29, 0.717) is 13.0 Å². The maximum absolute atomic E-state index is 12.7. The number of benzene rings is 1. The number of nitrogens with zero attached hydrogens (tertiary/aromatic N) is 5. The zero-order valence-electron chi connectivity index (χ0n) is 18.9. The Morgan fingerprint density at radius 1 is 1.13 bits per heavy atom. The highest BCUT2D eigenvalue weighted by atomic mass is 16.2. The highest BCUT2D eigenvalue weighted by Crippen LogP contribution is 2.13. The van der Waals surface area contributed by atoms with Gasteiger partial charge in [0.1, 0.15) is 5.82 Å². The van der Waals surface area contributed by atoms with Crippen LogP contribution in [-0.2, 0) is 11.3 Å². The lowest BCUT2D eigenvalue weighted by Crippen LogP contribution is -2.49. The Balaban J connectivity index is 1.47. The van der Waals surface area contributed by atoms with Gasteiger partial charge in [0.05, 0.1) is 6.54 Å². The first-order valence-electron chi connectivity index (χ1n) is 11.1. The van der Waals surface area contributed by atoms with Crippen molar-refractivity contribution in [3.8, 4) is 0 Å². The summed E-state index contributed by atoms with van der Waals surface area (Å²) in [5, 5.41) is 3.33. The summed E-state index contributed by atoms with van der Waals surface area (Å²) < 4.78 is 0. The van der Waals surface area contributed by atoms with Gasteiger partial charge in [0.2, 0.25) is 5.91 Å². The van der Waals surface area contributed by atoms with Crippen LogP contribution in [0.25, 0.3) is 0 Å². The smallest absolute Gasteiger partial charge is 0.224 e. The van der Waals surface area contributed by atoms with Gasteiger partial charge in [-0.25, -0.2) is 4.98 Å². The Morgan fingerprint density at radius 3 is 2.52 bits per heavy atom. The third kappa shape index (κ3) is 6.70. The topological polar surface area (TPSA) is 64.1 Å². The molecule has 1 amide bonds. The van der Waals surface area contributed by atoms with Crippen molar-refractivity contribution in [2.45, 2.75) is 26.8 Å². The van der Waals surface area contributed by atoms with Gasteiger partial charge < -0.3 is 20.0 Å². The Kier molecular flexibility index (Phi) is 8.27. The number of rotatable bonds is 7. The third-order valence-corrected chi connectivity index (χ3v) is 5.43. The first-order valence-corrected chi connectivity index (χ1v) is 11.1. The van der Waals surface area contributed by atoms with E-state index in [9.17, 15) is 4.79 Å². The maximum atomic E-state index is 12.7. The molecule has 1 aliphatic heterocycles. The molecule has 2 heterocycles. The number of hydrogen-bond acceptors (Lipinski definition) is 4. The Hall–Kier alpha value is -3.09. The van der Waals surface area contributed by atoms with Crippen LogP contribution in [0.2, 0.25) is 0 Å². The molecular weight excluding hydrogens is 388 g/mol. The summed E-state index contributed by atoms with van der Waals surface area (Å²) in [4.78, 5) is 28.0. The summed E-state index contributed by atoms with van der Waals surface area (Å²) in [6.07, 6.45) is 2.24. The van der Waals surface area contributed by atoms with Crippen LogP contribution >= 0.6 is 0 Å². The van der Waals surface area contributed by atoms with Gasteiger partial charge in [-0.05, 0) is 31.5 Å². The van der Waals surface area contributed by atoms with E-state index in [4.69, 9.17) is 0 Å². The average Bonchev–Trinajstić information content (AvgIpc) is 2.80. The molecule has 0 saturated carbocycles. The number of carbonyl (C=O) groups is 1. The molecule has 1 N–H and O–H groups in total. The van der Waals surface area contributed by atoms with E-state index >= 15 is 0 Å². The van der Waals surface area contributed by atoms with Crippen molar-refractivity contribution < 1.29 is 4.79 Å². The first-order chi connectivity index (χ1) is 15.1. The van der Waals surface area contributed by atoms with Gasteiger partial charge in [-0.1, -0.05) is 35.9 Å². The van der Waals surface area contributed by atoms with E-state index in [2.05, 4.69) is 63.2 Å². The van der Waals surface area contributed by atoms with Crippen molar-refractivity contribution in [1.82, 2.24) is 20.1 Å². The van der Waals surface area contributed by atoms with Crippen LogP contribution in [-0.4, -0.2) is 73.0 Å². The van der Waals surface area contributed by atoms with E-state index < -0.39 is 0 Å². The molecule has 7 heteroatoms. The monoisotopic (exact) mass is 422 g/mol. The molecular formula is C24H34N6O. The van der Waals surface area contributed by atoms with Crippen molar-refractivity contribution >= 4 is 17.7 Å². The molecule has 1 fully saturated rings. The first kappa shape index (κ1) is 22.6. The summed E-state index contributed by atoms with van der Waals surface area (Å²) in [5.74, 6) is 1.98. The molecule has 0 radical (unpaired) electrons. The average molecular weight is 423 g/mol. The van der Waals surface area contributed by atoms with Gasteiger partial charge in [-0.15, -0.1) is 0 Å². The van der Waals surface area contributed by atoms with Gasteiger partial charge in [-0.3, -0.25) is 9.79 Å². The summed E-state index contributed by atoms with van der Waals surface area (Å²) in [6, 6.07) is 14.5. The predicted octanol–water partition coefficient (Wildman–Crippen LogP) is 2.53. The zero-order valence-corrected chi connectivity index (χ0v) is 18.9. The van der Waals surface area contributed by atoms with Gasteiger partial charge in [0, 0.05) is 58.9 Å². The zero-order chi connectivity index (χ0) is 22.1. The van der Waals surface area contributed by atoms with Crippen molar-refractivity contribution in [2.24, 2.45) is 4.99 Å². The number of anilines is 1. The molecule has 2 aromatic rings. The molecule has 166 valence electrons. The van der Waals surface area contributed by atoms with E-state index in [1.807, 2.05) is 36.3 Å². The van der Waals surface area contributed by atoms with E-state index in [0.717, 1.165) is 51.0 Å². The van der Waals surface area contributed by atoms with Crippen molar-refractivity contribution in [2.75, 3.05) is 51.2 Å². The van der Waals surface area contributed by atoms with Crippen molar-refractivity contribution in [3.05, 3.63) is 59.8 Å². The van der Waals surface area contributed by atoms with Crippen molar-refractivity contribution in [3.63, 3.8) is 0 Å². The minimum absolute atomic E-state index is 0.168. The number of pyridine rings is 1. The summed E-state index contributed by atoms with van der Waals surface area (Å²) in [5.41, 5.74) is 2.49. The lowest BCUT2D eigenvalue weighted by molar-refractivity contribution is -0.131. The largest absolute Gasteiger partial charge is 0.357 e. The minimum atomic E-state index is 0.168. The molecule has 1 aliphatic rings. The summed E-state index contributed by atoms with van der Waals surface area (Å²) in [7, 11) is 2.03. The van der Waals surface area contributed by atoms with Gasteiger partial charge in [0.15, 0.2) is 5.96 Å². The molecule has 1 saturated heterocycles. The van der Waals surface area contributed by atoms with Crippen LogP contribution in [0.15, 0.2) is 53.7 Å². The number of nitrogens with one attached hydrogen (secondary N) is 1. The number of guanidine groups is 1. The maximum Gasteiger partial charge on any atom is 0.224 e. The highest BCUT2D eigenvalue weighted by Gasteiger charge is 2.21. The van der Waals surface area contributed by atoms with Crippen LogP contribution in [0.1, 0.15) is 24.5 Å². The van der Waals surface area contributed by atoms with Gasteiger partial charge in [-0.2, -0.15) is 0 Å². The lowest BCUT2D eigenvalue weighted by Gasteiger charge is -2.35. The van der Waals surface area contributed by atoms with Crippen LogP contribution in [0, 0.1) is 6.92 Å². The second kappa shape index (κ2) is 11.3. The van der Waals surface area contributed by atoms with Crippen LogP contribution in [0.5, 0.6) is 0 Å². The quantitative estimate of drug-likeness (QED) is 0.549. The van der Waals surface area contributed by atoms with Crippen molar-refractivity contribution in [1.29, 1.82) is 0 Å². The number of aliphatic imine (C=N–C) groups is 1.